The molecule has 3 rings (SSSR count). The predicted octanol–water partition coefficient (Wildman–Crippen LogP) is 3.37. The summed E-state index contributed by atoms with van der Waals surface area (Å²) >= 11 is 6.06. The van der Waals surface area contributed by atoms with Gasteiger partial charge >= 0.3 is 0 Å². The maximum atomic E-state index is 13.4. The predicted molar refractivity (Wildman–Crippen MR) is 97.3 cm³/mol. The maximum Gasteiger partial charge on any atom is 0.254 e. The number of carbonyl (C=O) groups is 2. The van der Waals surface area contributed by atoms with Gasteiger partial charge in [-0.25, -0.2) is 4.39 Å². The lowest BCUT2D eigenvalue weighted by atomic mass is 10.1. The fourth-order valence-electron chi connectivity index (χ4n) is 3.05. The Labute approximate surface area is 155 Å². The molecule has 2 aromatic rings. The van der Waals surface area contributed by atoms with Gasteiger partial charge in [-0.1, -0.05) is 17.7 Å². The highest BCUT2D eigenvalue weighted by atomic mass is 35.5. The van der Waals surface area contributed by atoms with Crippen LogP contribution in [0.3, 0.4) is 0 Å². The van der Waals surface area contributed by atoms with Gasteiger partial charge in [0.2, 0.25) is 5.91 Å². The monoisotopic (exact) mass is 376 g/mol. The highest BCUT2D eigenvalue weighted by Gasteiger charge is 2.36. The number of amides is 2. The van der Waals surface area contributed by atoms with Crippen molar-refractivity contribution >= 4 is 29.1 Å². The van der Waals surface area contributed by atoms with Gasteiger partial charge in [0, 0.05) is 23.7 Å². The number of hydrogen-bond acceptors (Lipinski definition) is 3. The van der Waals surface area contributed by atoms with Crippen LogP contribution < -0.4 is 9.64 Å². The first kappa shape index (κ1) is 18.2. The van der Waals surface area contributed by atoms with Gasteiger partial charge < -0.3 is 14.5 Å². The Hall–Kier alpha value is -2.60. The van der Waals surface area contributed by atoms with Crippen molar-refractivity contribution in [3.05, 3.63) is 58.9 Å². The molecule has 0 spiro atoms. The highest BCUT2D eigenvalue weighted by molar-refractivity contribution is 6.31. The van der Waals surface area contributed by atoms with E-state index in [1.54, 1.807) is 30.0 Å². The topological polar surface area (TPSA) is 49.9 Å². The lowest BCUT2D eigenvalue weighted by Crippen LogP contribution is -2.57. The van der Waals surface area contributed by atoms with Gasteiger partial charge in [0.05, 0.1) is 12.8 Å². The van der Waals surface area contributed by atoms with Crippen LogP contribution in [0.2, 0.25) is 5.02 Å². The van der Waals surface area contributed by atoms with Gasteiger partial charge in [0.1, 0.15) is 17.6 Å². The smallest absolute Gasteiger partial charge is 0.254 e. The SMILES string of the molecule is COc1ccc(Cl)cc1N1CCN(C(=O)c2cccc(F)c2)[C@H](C)C1=O. The molecule has 1 aliphatic heterocycles. The molecule has 0 N–H and O–H groups in total. The molecule has 5 nitrogen and oxygen atoms in total. The van der Waals surface area contributed by atoms with E-state index in [4.69, 9.17) is 16.3 Å². The second-order valence-electron chi connectivity index (χ2n) is 5.99. The lowest BCUT2D eigenvalue weighted by molar-refractivity contribution is -0.124. The van der Waals surface area contributed by atoms with Gasteiger partial charge in [-0.05, 0) is 43.3 Å². The Morgan fingerprint density at radius 3 is 2.69 bits per heavy atom. The summed E-state index contributed by atoms with van der Waals surface area (Å²) in [5.41, 5.74) is 0.785. The van der Waals surface area contributed by atoms with Crippen LogP contribution in [0.15, 0.2) is 42.5 Å². The third-order valence-corrected chi connectivity index (χ3v) is 4.65. The molecule has 1 heterocycles. The van der Waals surface area contributed by atoms with E-state index in [1.165, 1.54) is 36.3 Å². The summed E-state index contributed by atoms with van der Waals surface area (Å²) in [4.78, 5) is 28.6. The van der Waals surface area contributed by atoms with Gasteiger partial charge in [-0.2, -0.15) is 0 Å². The standard InChI is InChI=1S/C19H18ClFN2O3/c1-12-18(24)23(16-11-14(20)6-7-17(16)26-2)9-8-22(12)19(25)13-4-3-5-15(21)10-13/h3-7,10-12H,8-9H2,1-2H3/t12-/m1/s1. The Morgan fingerprint density at radius 1 is 1.23 bits per heavy atom. The number of benzene rings is 2. The fourth-order valence-corrected chi connectivity index (χ4v) is 3.21. The van der Waals surface area contributed by atoms with Crippen molar-refractivity contribution in [3.8, 4) is 5.75 Å². The van der Waals surface area contributed by atoms with E-state index in [-0.39, 0.29) is 17.4 Å². The zero-order chi connectivity index (χ0) is 18.8. The fraction of sp³-hybridized carbons (Fsp3) is 0.263. The van der Waals surface area contributed by atoms with E-state index >= 15 is 0 Å². The van der Waals surface area contributed by atoms with Crippen molar-refractivity contribution in [1.29, 1.82) is 0 Å². The average molecular weight is 377 g/mol. The van der Waals surface area contributed by atoms with E-state index in [1.807, 2.05) is 0 Å². The van der Waals surface area contributed by atoms with E-state index < -0.39 is 11.9 Å². The third-order valence-electron chi connectivity index (χ3n) is 4.42. The third kappa shape index (κ3) is 3.37. The first-order valence-electron chi connectivity index (χ1n) is 8.14. The van der Waals surface area contributed by atoms with Crippen LogP contribution in [-0.4, -0.2) is 43.0 Å². The first-order chi connectivity index (χ1) is 12.4. The molecule has 0 radical (unpaired) electrons. The van der Waals surface area contributed by atoms with Crippen molar-refractivity contribution in [2.75, 3.05) is 25.1 Å². The summed E-state index contributed by atoms with van der Waals surface area (Å²) in [5, 5.41) is 0.486. The van der Waals surface area contributed by atoms with E-state index in [0.717, 1.165) is 0 Å². The van der Waals surface area contributed by atoms with Crippen molar-refractivity contribution < 1.29 is 18.7 Å². The number of methoxy groups -OCH3 is 1. The van der Waals surface area contributed by atoms with Crippen LogP contribution in [0, 0.1) is 5.82 Å². The van der Waals surface area contributed by atoms with Crippen LogP contribution in [0.1, 0.15) is 17.3 Å². The molecule has 1 fully saturated rings. The van der Waals surface area contributed by atoms with Crippen molar-refractivity contribution in [1.82, 2.24) is 4.90 Å². The Balaban J connectivity index is 1.85. The molecular weight excluding hydrogens is 359 g/mol. The zero-order valence-corrected chi connectivity index (χ0v) is 15.2. The second-order valence-corrected chi connectivity index (χ2v) is 6.43. The van der Waals surface area contributed by atoms with Crippen LogP contribution >= 0.6 is 11.6 Å². The second kappa shape index (κ2) is 7.33. The minimum Gasteiger partial charge on any atom is -0.495 e. The molecule has 0 bridgehead atoms. The van der Waals surface area contributed by atoms with Gasteiger partial charge in [0.15, 0.2) is 0 Å². The summed E-state index contributed by atoms with van der Waals surface area (Å²) < 4.78 is 18.7. The molecule has 1 atom stereocenters. The number of carbonyl (C=O) groups excluding carboxylic acids is 2. The van der Waals surface area contributed by atoms with Crippen LogP contribution in [-0.2, 0) is 4.79 Å². The van der Waals surface area contributed by atoms with Crippen molar-refractivity contribution in [2.24, 2.45) is 0 Å². The minimum atomic E-state index is -0.691. The van der Waals surface area contributed by atoms with E-state index in [0.29, 0.717) is 29.5 Å². The molecule has 0 aliphatic carbocycles. The average Bonchev–Trinajstić information content (AvgIpc) is 2.63. The molecule has 0 saturated carbocycles. The molecular formula is C19H18ClFN2O3. The number of halogens is 2. The molecule has 1 aliphatic rings. The van der Waals surface area contributed by atoms with Crippen molar-refractivity contribution in [3.63, 3.8) is 0 Å². The molecule has 2 amide bonds. The largest absolute Gasteiger partial charge is 0.495 e. The number of piperazine rings is 1. The molecule has 7 heteroatoms. The van der Waals surface area contributed by atoms with Gasteiger partial charge in [-0.15, -0.1) is 0 Å². The summed E-state index contributed by atoms with van der Waals surface area (Å²) in [6.07, 6.45) is 0. The Bertz CT molecular complexity index is 858. The minimum absolute atomic E-state index is 0.221. The Morgan fingerprint density at radius 2 is 2.00 bits per heavy atom. The summed E-state index contributed by atoms with van der Waals surface area (Å²) in [6.45, 7) is 2.27. The maximum absolute atomic E-state index is 13.4. The van der Waals surface area contributed by atoms with E-state index in [9.17, 15) is 14.0 Å². The van der Waals surface area contributed by atoms with Crippen LogP contribution in [0.25, 0.3) is 0 Å². The number of ether oxygens (including phenoxy) is 1. The molecule has 1 saturated heterocycles. The molecule has 136 valence electrons. The van der Waals surface area contributed by atoms with Crippen LogP contribution in [0.4, 0.5) is 10.1 Å². The Kier molecular flexibility index (Phi) is 5.13. The molecule has 0 aromatic heterocycles. The number of anilines is 1. The lowest BCUT2D eigenvalue weighted by Gasteiger charge is -2.39. The summed E-state index contributed by atoms with van der Waals surface area (Å²) in [7, 11) is 1.52. The zero-order valence-electron chi connectivity index (χ0n) is 14.4. The van der Waals surface area contributed by atoms with Gasteiger partial charge in [-0.3, -0.25) is 9.59 Å². The number of hydrogen-bond donors (Lipinski definition) is 0. The normalized spacial score (nSPS) is 17.4. The molecule has 26 heavy (non-hydrogen) atoms. The highest BCUT2D eigenvalue weighted by Crippen LogP contribution is 2.33. The molecule has 2 aromatic carbocycles. The number of nitrogens with zero attached hydrogens (tertiary/aromatic N) is 2. The van der Waals surface area contributed by atoms with Gasteiger partial charge in [0.25, 0.3) is 5.91 Å². The van der Waals surface area contributed by atoms with Crippen LogP contribution in [0.5, 0.6) is 5.75 Å². The number of rotatable bonds is 3. The quantitative estimate of drug-likeness (QED) is 0.825. The molecule has 0 unspecified atom stereocenters. The van der Waals surface area contributed by atoms with E-state index in [2.05, 4.69) is 0 Å². The summed E-state index contributed by atoms with van der Waals surface area (Å²) in [6, 6.07) is 9.80. The summed E-state index contributed by atoms with van der Waals surface area (Å²) in [5.74, 6) is -0.582. The van der Waals surface area contributed by atoms with Crippen molar-refractivity contribution in [2.45, 2.75) is 13.0 Å². The first-order valence-corrected chi connectivity index (χ1v) is 8.51.